The highest BCUT2D eigenvalue weighted by atomic mass is 16.6. The number of likely N-dealkylation sites (tertiary alicyclic amines) is 1. The smallest absolute Gasteiger partial charge is 0.410 e. The van der Waals surface area contributed by atoms with Gasteiger partial charge in [0.2, 0.25) is 0 Å². The fourth-order valence-electron chi connectivity index (χ4n) is 3.28. The Bertz CT molecular complexity index is 319. The van der Waals surface area contributed by atoms with Gasteiger partial charge in [-0.2, -0.15) is 0 Å². The van der Waals surface area contributed by atoms with Crippen LogP contribution in [0.1, 0.15) is 59.3 Å². The maximum atomic E-state index is 12.2. The molecule has 2 rings (SSSR count). The van der Waals surface area contributed by atoms with Gasteiger partial charge in [0.05, 0.1) is 0 Å². The average Bonchev–Trinajstić information content (AvgIpc) is 2.97. The zero-order valence-electron chi connectivity index (χ0n) is 13.3. The van der Waals surface area contributed by atoms with Crippen LogP contribution in [0.4, 0.5) is 4.79 Å². The zero-order valence-corrected chi connectivity index (χ0v) is 13.3. The molecular weight excluding hydrogens is 252 g/mol. The molecule has 4 heteroatoms. The first-order valence-electron chi connectivity index (χ1n) is 8.16. The second kappa shape index (κ2) is 6.79. The van der Waals surface area contributed by atoms with E-state index in [2.05, 4.69) is 5.32 Å². The molecule has 1 heterocycles. The number of carbonyl (C=O) groups is 1. The van der Waals surface area contributed by atoms with Gasteiger partial charge in [0.25, 0.3) is 0 Å². The number of nitrogens with one attached hydrogen (secondary N) is 1. The minimum absolute atomic E-state index is 0.150. The van der Waals surface area contributed by atoms with Crippen LogP contribution in [0.5, 0.6) is 0 Å². The molecule has 0 radical (unpaired) electrons. The summed E-state index contributed by atoms with van der Waals surface area (Å²) in [5, 5.41) is 3.57. The van der Waals surface area contributed by atoms with Gasteiger partial charge in [0.15, 0.2) is 0 Å². The molecule has 0 bridgehead atoms. The van der Waals surface area contributed by atoms with Crippen molar-refractivity contribution in [1.29, 1.82) is 0 Å². The van der Waals surface area contributed by atoms with Crippen molar-refractivity contribution < 1.29 is 9.53 Å². The molecule has 1 atom stereocenters. The number of nitrogens with zero attached hydrogens (tertiary/aromatic N) is 1. The molecule has 1 aliphatic carbocycles. The van der Waals surface area contributed by atoms with Gasteiger partial charge in [0.1, 0.15) is 5.60 Å². The van der Waals surface area contributed by atoms with Crippen molar-refractivity contribution in [2.24, 2.45) is 5.92 Å². The lowest BCUT2D eigenvalue weighted by Crippen LogP contribution is -2.44. The Morgan fingerprint density at radius 3 is 2.50 bits per heavy atom. The Hall–Kier alpha value is -0.770. The lowest BCUT2D eigenvalue weighted by Gasteiger charge is -2.29. The summed E-state index contributed by atoms with van der Waals surface area (Å²) >= 11 is 0. The van der Waals surface area contributed by atoms with Gasteiger partial charge in [-0.3, -0.25) is 0 Å². The van der Waals surface area contributed by atoms with E-state index in [1.165, 1.54) is 25.7 Å². The fraction of sp³-hybridized carbons (Fsp3) is 0.938. The molecule has 1 amide bonds. The molecular formula is C16H30N2O2. The van der Waals surface area contributed by atoms with Gasteiger partial charge in [-0.1, -0.05) is 12.8 Å². The Morgan fingerprint density at radius 2 is 1.85 bits per heavy atom. The molecule has 1 N–H and O–H groups in total. The van der Waals surface area contributed by atoms with E-state index in [0.717, 1.165) is 38.4 Å². The van der Waals surface area contributed by atoms with Crippen molar-refractivity contribution in [1.82, 2.24) is 10.2 Å². The molecule has 20 heavy (non-hydrogen) atoms. The molecule has 1 saturated carbocycles. The van der Waals surface area contributed by atoms with Crippen molar-refractivity contribution in [2.75, 3.05) is 19.6 Å². The standard InChI is InChI=1S/C16H30N2O2/c1-16(2,3)20-15(19)18-10-6-9-14(18)12-17-11-13-7-4-5-8-13/h13-14,17H,4-12H2,1-3H3. The van der Waals surface area contributed by atoms with E-state index >= 15 is 0 Å². The molecule has 0 aromatic heterocycles. The van der Waals surface area contributed by atoms with Crippen LogP contribution < -0.4 is 5.32 Å². The molecule has 2 aliphatic rings. The lowest BCUT2D eigenvalue weighted by atomic mass is 10.1. The van der Waals surface area contributed by atoms with Crippen molar-refractivity contribution in [3.63, 3.8) is 0 Å². The largest absolute Gasteiger partial charge is 0.444 e. The quantitative estimate of drug-likeness (QED) is 0.861. The second-order valence-electron chi connectivity index (χ2n) is 7.28. The van der Waals surface area contributed by atoms with Gasteiger partial charge in [-0.25, -0.2) is 4.79 Å². The van der Waals surface area contributed by atoms with E-state index in [9.17, 15) is 4.79 Å². The Kier molecular flexibility index (Phi) is 5.30. The molecule has 4 nitrogen and oxygen atoms in total. The van der Waals surface area contributed by atoms with Gasteiger partial charge >= 0.3 is 6.09 Å². The predicted octanol–water partition coefficient (Wildman–Crippen LogP) is 3.17. The number of ether oxygens (including phenoxy) is 1. The summed E-state index contributed by atoms with van der Waals surface area (Å²) in [6.07, 6.45) is 7.55. The number of hydrogen-bond donors (Lipinski definition) is 1. The molecule has 0 aromatic carbocycles. The first kappa shape index (κ1) is 15.6. The van der Waals surface area contributed by atoms with Crippen LogP contribution in [0.25, 0.3) is 0 Å². The summed E-state index contributed by atoms with van der Waals surface area (Å²) < 4.78 is 5.49. The Balaban J connectivity index is 1.73. The summed E-state index contributed by atoms with van der Waals surface area (Å²) in [5.74, 6) is 0.853. The van der Waals surface area contributed by atoms with Gasteiger partial charge in [-0.15, -0.1) is 0 Å². The van der Waals surface area contributed by atoms with Crippen LogP contribution in [0.2, 0.25) is 0 Å². The van der Waals surface area contributed by atoms with Crippen molar-refractivity contribution in [3.8, 4) is 0 Å². The summed E-state index contributed by atoms with van der Waals surface area (Å²) in [7, 11) is 0. The maximum Gasteiger partial charge on any atom is 0.410 e. The van der Waals surface area contributed by atoms with E-state index in [1.54, 1.807) is 0 Å². The molecule has 0 aromatic rings. The third-order valence-corrected chi connectivity index (χ3v) is 4.29. The molecule has 0 spiro atoms. The van der Waals surface area contributed by atoms with E-state index < -0.39 is 5.60 Å². The van der Waals surface area contributed by atoms with Crippen LogP contribution in [-0.2, 0) is 4.74 Å². The second-order valence-corrected chi connectivity index (χ2v) is 7.28. The molecule has 2 fully saturated rings. The van der Waals surface area contributed by atoms with Crippen LogP contribution >= 0.6 is 0 Å². The van der Waals surface area contributed by atoms with Crippen LogP contribution in [0, 0.1) is 5.92 Å². The third kappa shape index (κ3) is 4.65. The number of rotatable bonds is 4. The minimum atomic E-state index is -0.401. The zero-order chi connectivity index (χ0) is 14.6. The first-order valence-corrected chi connectivity index (χ1v) is 8.16. The molecule has 116 valence electrons. The highest BCUT2D eigenvalue weighted by Gasteiger charge is 2.31. The van der Waals surface area contributed by atoms with Gasteiger partial charge in [-0.05, 0) is 58.9 Å². The Labute approximate surface area is 123 Å². The van der Waals surface area contributed by atoms with E-state index in [-0.39, 0.29) is 6.09 Å². The fourth-order valence-corrected chi connectivity index (χ4v) is 3.28. The van der Waals surface area contributed by atoms with E-state index in [0.29, 0.717) is 6.04 Å². The molecule has 1 saturated heterocycles. The maximum absolute atomic E-state index is 12.2. The normalized spacial score (nSPS) is 24.4. The number of carbonyl (C=O) groups excluding carboxylic acids is 1. The van der Waals surface area contributed by atoms with Crippen molar-refractivity contribution >= 4 is 6.09 Å². The third-order valence-electron chi connectivity index (χ3n) is 4.29. The average molecular weight is 282 g/mol. The SMILES string of the molecule is CC(C)(C)OC(=O)N1CCCC1CNCC1CCCC1. The Morgan fingerprint density at radius 1 is 1.15 bits per heavy atom. The highest BCUT2D eigenvalue weighted by molar-refractivity contribution is 5.69. The lowest BCUT2D eigenvalue weighted by molar-refractivity contribution is 0.0226. The van der Waals surface area contributed by atoms with Crippen molar-refractivity contribution in [3.05, 3.63) is 0 Å². The summed E-state index contributed by atoms with van der Waals surface area (Å²) in [6.45, 7) is 8.63. The monoisotopic (exact) mass is 282 g/mol. The van der Waals surface area contributed by atoms with Gasteiger partial charge < -0.3 is 15.0 Å². The topological polar surface area (TPSA) is 41.6 Å². The number of hydrogen-bond acceptors (Lipinski definition) is 3. The summed E-state index contributed by atoms with van der Waals surface area (Å²) in [4.78, 5) is 14.1. The van der Waals surface area contributed by atoms with E-state index in [4.69, 9.17) is 4.74 Å². The van der Waals surface area contributed by atoms with Crippen LogP contribution in [0.3, 0.4) is 0 Å². The highest BCUT2D eigenvalue weighted by Crippen LogP contribution is 2.24. The number of amides is 1. The first-order chi connectivity index (χ1) is 9.46. The van der Waals surface area contributed by atoms with Crippen LogP contribution in [-0.4, -0.2) is 42.3 Å². The van der Waals surface area contributed by atoms with Gasteiger partial charge in [0, 0.05) is 19.1 Å². The molecule has 1 unspecified atom stereocenters. The summed E-state index contributed by atoms with van der Waals surface area (Å²) in [5.41, 5.74) is -0.401. The van der Waals surface area contributed by atoms with Crippen LogP contribution in [0.15, 0.2) is 0 Å². The summed E-state index contributed by atoms with van der Waals surface area (Å²) in [6, 6.07) is 0.311. The molecule has 1 aliphatic heterocycles. The van der Waals surface area contributed by atoms with Crippen molar-refractivity contribution in [2.45, 2.75) is 70.9 Å². The predicted molar refractivity (Wildman–Crippen MR) is 80.8 cm³/mol. The van der Waals surface area contributed by atoms with E-state index in [1.807, 2.05) is 25.7 Å². The minimum Gasteiger partial charge on any atom is -0.444 e.